The van der Waals surface area contributed by atoms with E-state index in [0.717, 1.165) is 5.01 Å². The first-order valence-electron chi connectivity index (χ1n) is 3.14. The van der Waals surface area contributed by atoms with Gasteiger partial charge in [0, 0.05) is 6.54 Å². The third-order valence-corrected chi connectivity index (χ3v) is 1.06. The molecule has 8 heteroatoms. The van der Waals surface area contributed by atoms with Crippen molar-refractivity contribution in [3.63, 3.8) is 0 Å². The zero-order chi connectivity index (χ0) is 8.69. The van der Waals surface area contributed by atoms with E-state index < -0.39 is 0 Å². The fraction of sp³-hybridized carbons (Fsp3) is 1.00. The van der Waals surface area contributed by atoms with E-state index in [9.17, 15) is 5.21 Å². The van der Waals surface area contributed by atoms with Gasteiger partial charge in [-0.25, -0.2) is 0 Å². The molecule has 7 nitrogen and oxygen atoms in total. The molecule has 0 amide bonds. The third kappa shape index (κ3) is 5.56. The minimum Gasteiger partial charge on any atom is -0.569 e. The van der Waals surface area contributed by atoms with Gasteiger partial charge >= 0.3 is 29.6 Å². The smallest absolute Gasteiger partial charge is 0.569 e. The number of hydrogen-bond donors (Lipinski definition) is 3. The van der Waals surface area contributed by atoms with Crippen LogP contribution in [0.3, 0.4) is 0 Å². The van der Waals surface area contributed by atoms with Crippen LogP contribution >= 0.6 is 0 Å². The van der Waals surface area contributed by atoms with E-state index in [-0.39, 0.29) is 60.8 Å². The van der Waals surface area contributed by atoms with Crippen molar-refractivity contribution in [2.45, 2.75) is 0 Å². The summed E-state index contributed by atoms with van der Waals surface area (Å²) in [4.78, 5) is -0.0108. The van der Waals surface area contributed by atoms with Crippen LogP contribution in [0.1, 0.15) is 0 Å². The van der Waals surface area contributed by atoms with Gasteiger partial charge in [-0.05, 0) is 0 Å². The SMILES string of the molecule is NCCN(CCO)[N+]([O-])=NO.[Na+]. The summed E-state index contributed by atoms with van der Waals surface area (Å²) in [5.74, 6) is 0. The Hall–Kier alpha value is -0.0800. The molecule has 0 spiro atoms. The zero-order valence-electron chi connectivity index (χ0n) is 7.05. The van der Waals surface area contributed by atoms with E-state index in [0.29, 0.717) is 0 Å². The van der Waals surface area contributed by atoms with Crippen molar-refractivity contribution in [3.05, 3.63) is 5.21 Å². The molecule has 0 heterocycles. The molecule has 0 aliphatic heterocycles. The van der Waals surface area contributed by atoms with E-state index in [2.05, 4.69) is 5.28 Å². The van der Waals surface area contributed by atoms with E-state index in [4.69, 9.17) is 16.0 Å². The second kappa shape index (κ2) is 9.01. The maximum Gasteiger partial charge on any atom is 1.00 e. The molecule has 0 saturated carbocycles. The Bertz CT molecular complexity index is 127. The van der Waals surface area contributed by atoms with Crippen LogP contribution < -0.4 is 35.3 Å². The predicted octanol–water partition coefficient (Wildman–Crippen LogP) is -4.49. The Morgan fingerprint density at radius 1 is 1.50 bits per heavy atom. The molecule has 0 fully saturated rings. The summed E-state index contributed by atoms with van der Waals surface area (Å²) in [7, 11) is 0. The topological polar surface area (TPSA) is 108 Å². The monoisotopic (exact) mass is 187 g/mol. The second-order valence-electron chi connectivity index (χ2n) is 1.81. The molecule has 66 valence electrons. The molecule has 0 atom stereocenters. The van der Waals surface area contributed by atoms with Crippen LogP contribution in [0.25, 0.3) is 0 Å². The minimum atomic E-state index is -0.186. The quantitative estimate of drug-likeness (QED) is 0.174. The van der Waals surface area contributed by atoms with Gasteiger partial charge < -0.3 is 21.3 Å². The van der Waals surface area contributed by atoms with Crippen molar-refractivity contribution in [2.24, 2.45) is 11.0 Å². The first-order valence-corrected chi connectivity index (χ1v) is 3.14. The van der Waals surface area contributed by atoms with Gasteiger partial charge in [-0.1, -0.05) is 0 Å². The fourth-order valence-corrected chi connectivity index (χ4v) is 0.604. The fourth-order valence-electron chi connectivity index (χ4n) is 0.604. The number of hydrogen-bond acceptors (Lipinski definition) is 4. The van der Waals surface area contributed by atoms with E-state index in [1.54, 1.807) is 0 Å². The van der Waals surface area contributed by atoms with Gasteiger partial charge in [0.05, 0.1) is 18.1 Å². The molecule has 4 N–H and O–H groups in total. The Labute approximate surface area is 92.3 Å². The number of aliphatic hydroxyl groups is 1. The Morgan fingerprint density at radius 2 is 2.08 bits per heavy atom. The third-order valence-electron chi connectivity index (χ3n) is 1.06. The standard InChI is InChI=1S/C4H12N4O3.Na/c5-1-2-7(3-4-9)8(11)6-10;/h9-10H,1-5H2;/q;+1. The van der Waals surface area contributed by atoms with E-state index in [1.807, 2.05) is 0 Å². The van der Waals surface area contributed by atoms with Crippen molar-refractivity contribution in [1.82, 2.24) is 5.01 Å². The number of rotatable bonds is 5. The second-order valence-corrected chi connectivity index (χ2v) is 1.81. The van der Waals surface area contributed by atoms with Crippen LogP contribution in [0.4, 0.5) is 0 Å². The van der Waals surface area contributed by atoms with Crippen LogP contribution in [0, 0.1) is 5.21 Å². The minimum absolute atomic E-state index is 0. The van der Waals surface area contributed by atoms with Crippen molar-refractivity contribution in [3.8, 4) is 0 Å². The van der Waals surface area contributed by atoms with Crippen LogP contribution in [-0.2, 0) is 0 Å². The normalized spacial score (nSPS) is 10.7. The van der Waals surface area contributed by atoms with Gasteiger partial charge in [0.1, 0.15) is 6.54 Å². The van der Waals surface area contributed by atoms with Gasteiger partial charge in [-0.15, -0.1) is 5.01 Å². The van der Waals surface area contributed by atoms with E-state index in [1.165, 1.54) is 0 Å². The van der Waals surface area contributed by atoms with Gasteiger partial charge in [0.15, 0.2) is 0 Å². The van der Waals surface area contributed by atoms with Crippen LogP contribution in [0.15, 0.2) is 5.28 Å². The Kier molecular flexibility index (Phi) is 10.8. The molecule has 12 heavy (non-hydrogen) atoms. The maximum absolute atomic E-state index is 10.6. The van der Waals surface area contributed by atoms with E-state index >= 15 is 0 Å². The van der Waals surface area contributed by atoms with Gasteiger partial charge in [-0.3, -0.25) is 0 Å². The summed E-state index contributed by atoms with van der Waals surface area (Å²) < 4.78 is 0. The Balaban J connectivity index is 0. The Morgan fingerprint density at radius 3 is 2.42 bits per heavy atom. The van der Waals surface area contributed by atoms with Crippen LogP contribution in [0.5, 0.6) is 0 Å². The first kappa shape index (κ1) is 14.4. The molecule has 0 aromatic heterocycles. The first-order chi connectivity index (χ1) is 5.26. The summed E-state index contributed by atoms with van der Waals surface area (Å²) in [6.07, 6.45) is 0. The molecule has 0 aliphatic carbocycles. The summed E-state index contributed by atoms with van der Waals surface area (Å²) in [6.45, 7) is 0.418. The van der Waals surface area contributed by atoms with Crippen molar-refractivity contribution in [2.75, 3.05) is 26.2 Å². The van der Waals surface area contributed by atoms with Crippen LogP contribution in [-0.4, -0.2) is 46.5 Å². The largest absolute Gasteiger partial charge is 1.00 e. The summed E-state index contributed by atoms with van der Waals surface area (Å²) in [6, 6.07) is 0. The predicted molar refractivity (Wildman–Crippen MR) is 35.6 cm³/mol. The zero-order valence-corrected chi connectivity index (χ0v) is 9.05. The average molecular weight is 187 g/mol. The molecule has 0 bridgehead atoms. The van der Waals surface area contributed by atoms with Crippen LogP contribution in [0.2, 0.25) is 0 Å². The average Bonchev–Trinajstić information content (AvgIpc) is 2.03. The van der Waals surface area contributed by atoms with Crippen molar-refractivity contribution < 1.29 is 44.8 Å². The summed E-state index contributed by atoms with van der Waals surface area (Å²) in [5.41, 5.74) is 5.14. The molecule has 0 radical (unpaired) electrons. The molecule has 0 saturated heterocycles. The molecule has 0 aliphatic rings. The molecule has 0 aromatic rings. The number of nitrogens with zero attached hydrogens (tertiary/aromatic N) is 3. The molecule has 0 aromatic carbocycles. The number of nitrogens with two attached hydrogens (primary N) is 1. The van der Waals surface area contributed by atoms with Gasteiger partial charge in [0.2, 0.25) is 5.28 Å². The van der Waals surface area contributed by atoms with Crippen molar-refractivity contribution in [1.29, 1.82) is 0 Å². The van der Waals surface area contributed by atoms with Crippen molar-refractivity contribution >= 4 is 0 Å². The van der Waals surface area contributed by atoms with Gasteiger partial charge in [0.25, 0.3) is 0 Å². The van der Waals surface area contributed by atoms with Gasteiger partial charge in [-0.2, -0.15) is 0 Å². The summed E-state index contributed by atoms with van der Waals surface area (Å²) in [5, 5.41) is 30.5. The number of aliphatic hydroxyl groups excluding tert-OH is 1. The number of hydrazine groups is 1. The maximum atomic E-state index is 10.6. The molecule has 0 unspecified atom stereocenters. The molecule has 0 rings (SSSR count). The molecular formula is C4H12N4NaO3+. The summed E-state index contributed by atoms with van der Waals surface area (Å²) >= 11 is 0. The molecular weight excluding hydrogens is 175 g/mol.